The number of ether oxygens (including phenoxy) is 2. The van der Waals surface area contributed by atoms with Gasteiger partial charge in [0.05, 0.1) is 26.3 Å². The van der Waals surface area contributed by atoms with Gasteiger partial charge in [-0.1, -0.05) is 18.2 Å². The first-order valence-electron chi connectivity index (χ1n) is 9.47. The maximum absolute atomic E-state index is 12.5. The van der Waals surface area contributed by atoms with Crippen molar-refractivity contribution in [3.05, 3.63) is 65.5 Å². The summed E-state index contributed by atoms with van der Waals surface area (Å²) in [6.07, 6.45) is 6.38. The third kappa shape index (κ3) is 4.20. The highest BCUT2D eigenvalue weighted by Gasteiger charge is 2.44. The Hall–Kier alpha value is -3.88. The van der Waals surface area contributed by atoms with E-state index in [0.29, 0.717) is 5.69 Å². The zero-order valence-corrected chi connectivity index (χ0v) is 17.7. The summed E-state index contributed by atoms with van der Waals surface area (Å²) in [7, 11) is 2.45. The van der Waals surface area contributed by atoms with Crippen LogP contribution in [0, 0.1) is 0 Å². The molecule has 2 heterocycles. The normalized spacial score (nSPS) is 17.5. The molecular formula is C22H23N3O6. The number of urea groups is 1. The number of carbonyl (C=O) groups excluding carboxylic acids is 4. The average molecular weight is 425 g/mol. The first kappa shape index (κ1) is 21.8. The smallest absolute Gasteiger partial charge is 0.355 e. The number of nitrogens with one attached hydrogen (secondary N) is 1. The van der Waals surface area contributed by atoms with Crippen molar-refractivity contribution in [2.75, 3.05) is 19.1 Å². The van der Waals surface area contributed by atoms with Crippen LogP contribution in [0.4, 0.5) is 10.5 Å². The van der Waals surface area contributed by atoms with Crippen LogP contribution in [0.15, 0.2) is 60.0 Å². The summed E-state index contributed by atoms with van der Waals surface area (Å²) in [5.41, 5.74) is 0.403. The number of allylic oxidation sites excluding steroid dienone is 2. The van der Waals surface area contributed by atoms with Crippen molar-refractivity contribution in [3.8, 4) is 0 Å². The summed E-state index contributed by atoms with van der Waals surface area (Å²) in [6.45, 7) is 3.41. The molecule has 9 nitrogen and oxygen atoms in total. The quantitative estimate of drug-likeness (QED) is 0.568. The number of hydrogen-bond donors (Lipinski definition) is 1. The number of imide groups is 1. The molecule has 2 aliphatic heterocycles. The molecule has 0 atom stereocenters. The second-order valence-corrected chi connectivity index (χ2v) is 7.43. The van der Waals surface area contributed by atoms with Gasteiger partial charge in [0.15, 0.2) is 0 Å². The molecule has 2 aliphatic rings. The Morgan fingerprint density at radius 2 is 1.65 bits per heavy atom. The van der Waals surface area contributed by atoms with Crippen LogP contribution in [-0.4, -0.2) is 48.5 Å². The minimum Gasteiger partial charge on any atom is -0.465 e. The maximum atomic E-state index is 12.5. The van der Waals surface area contributed by atoms with Gasteiger partial charge in [-0.2, -0.15) is 0 Å². The zero-order chi connectivity index (χ0) is 22.8. The molecule has 1 N–H and O–H groups in total. The van der Waals surface area contributed by atoms with E-state index in [1.807, 2.05) is 0 Å². The minimum absolute atomic E-state index is 0.00273. The third-order valence-electron chi connectivity index (χ3n) is 4.89. The summed E-state index contributed by atoms with van der Waals surface area (Å²) in [5, 5.41) is 2.64. The highest BCUT2D eigenvalue weighted by atomic mass is 16.5. The van der Waals surface area contributed by atoms with Gasteiger partial charge in [-0.25, -0.2) is 14.4 Å². The Balaban J connectivity index is 1.92. The molecule has 1 aromatic carbocycles. The molecule has 162 valence electrons. The van der Waals surface area contributed by atoms with Crippen LogP contribution >= 0.6 is 0 Å². The Bertz CT molecular complexity index is 1020. The lowest BCUT2D eigenvalue weighted by Gasteiger charge is -2.23. The van der Waals surface area contributed by atoms with Gasteiger partial charge in [0.1, 0.15) is 11.2 Å². The van der Waals surface area contributed by atoms with Crippen LogP contribution < -0.4 is 10.2 Å². The van der Waals surface area contributed by atoms with E-state index in [2.05, 4.69) is 5.32 Å². The Morgan fingerprint density at radius 3 is 2.19 bits per heavy atom. The molecule has 0 saturated carbocycles. The molecular weight excluding hydrogens is 402 g/mol. The van der Waals surface area contributed by atoms with Crippen molar-refractivity contribution in [1.82, 2.24) is 10.2 Å². The van der Waals surface area contributed by atoms with Gasteiger partial charge >= 0.3 is 18.0 Å². The SMILES string of the molecule is COC(=O)C1=C(C(=O)OC)N(c2ccc(CN3C(=O)NC(C)(C)C3=O)cc2)C=CC=C1. The molecule has 0 radical (unpaired) electrons. The molecule has 0 unspecified atom stereocenters. The summed E-state index contributed by atoms with van der Waals surface area (Å²) in [5.74, 6) is -1.69. The Morgan fingerprint density at radius 1 is 1.00 bits per heavy atom. The van der Waals surface area contributed by atoms with Gasteiger partial charge in [-0.3, -0.25) is 9.69 Å². The second-order valence-electron chi connectivity index (χ2n) is 7.43. The van der Waals surface area contributed by atoms with E-state index < -0.39 is 23.5 Å². The van der Waals surface area contributed by atoms with Crippen molar-refractivity contribution in [2.45, 2.75) is 25.9 Å². The van der Waals surface area contributed by atoms with Crippen molar-refractivity contribution < 1.29 is 28.7 Å². The van der Waals surface area contributed by atoms with Crippen molar-refractivity contribution in [3.63, 3.8) is 0 Å². The van der Waals surface area contributed by atoms with Crippen molar-refractivity contribution in [2.24, 2.45) is 0 Å². The first-order valence-corrected chi connectivity index (χ1v) is 9.47. The number of nitrogens with zero attached hydrogens (tertiary/aromatic N) is 2. The lowest BCUT2D eigenvalue weighted by Crippen LogP contribution is -2.40. The molecule has 1 fully saturated rings. The third-order valence-corrected chi connectivity index (χ3v) is 4.89. The highest BCUT2D eigenvalue weighted by Crippen LogP contribution is 2.27. The van der Waals surface area contributed by atoms with E-state index in [1.54, 1.807) is 56.5 Å². The number of methoxy groups -OCH3 is 2. The van der Waals surface area contributed by atoms with Crippen LogP contribution in [0.3, 0.4) is 0 Å². The predicted octanol–water partition coefficient (Wildman–Crippen LogP) is 2.01. The molecule has 0 aromatic heterocycles. The van der Waals surface area contributed by atoms with E-state index in [0.717, 1.165) is 10.5 Å². The predicted molar refractivity (Wildman–Crippen MR) is 111 cm³/mol. The number of rotatable bonds is 5. The van der Waals surface area contributed by atoms with Gasteiger partial charge in [0, 0.05) is 11.9 Å². The zero-order valence-electron chi connectivity index (χ0n) is 17.7. The molecule has 1 aromatic rings. The van der Waals surface area contributed by atoms with Gasteiger partial charge < -0.3 is 19.7 Å². The molecule has 9 heteroatoms. The first-order chi connectivity index (χ1) is 14.7. The highest BCUT2D eigenvalue weighted by molar-refractivity contribution is 6.06. The van der Waals surface area contributed by atoms with E-state index >= 15 is 0 Å². The number of esters is 2. The van der Waals surface area contributed by atoms with Crippen molar-refractivity contribution in [1.29, 1.82) is 0 Å². The second kappa shape index (κ2) is 8.47. The van der Waals surface area contributed by atoms with Crippen molar-refractivity contribution >= 4 is 29.6 Å². The lowest BCUT2D eigenvalue weighted by atomic mass is 10.1. The molecule has 31 heavy (non-hydrogen) atoms. The monoisotopic (exact) mass is 425 g/mol. The van der Waals surface area contributed by atoms with Gasteiger partial charge in [0.2, 0.25) is 0 Å². The van der Waals surface area contributed by atoms with E-state index in [4.69, 9.17) is 9.47 Å². The topological polar surface area (TPSA) is 105 Å². The molecule has 0 spiro atoms. The molecule has 0 bridgehead atoms. The largest absolute Gasteiger partial charge is 0.465 e. The molecule has 3 rings (SSSR count). The Kier molecular flexibility index (Phi) is 5.96. The standard InChI is InChI=1S/C22H23N3O6/c1-22(2)20(28)25(21(29)23-22)13-14-8-10-15(11-9-14)24-12-6-5-7-16(18(26)30-3)17(24)19(27)31-4/h5-12H,13H2,1-4H3,(H,23,29). The fourth-order valence-corrected chi connectivity index (χ4v) is 3.27. The summed E-state index contributed by atoms with van der Waals surface area (Å²) in [4.78, 5) is 51.9. The van der Waals surface area contributed by atoms with Crippen LogP contribution in [0.2, 0.25) is 0 Å². The molecule has 3 amide bonds. The average Bonchev–Trinajstić information content (AvgIpc) is 2.91. The minimum atomic E-state index is -0.939. The van der Waals surface area contributed by atoms with E-state index in [1.165, 1.54) is 25.2 Å². The van der Waals surface area contributed by atoms with Gasteiger partial charge in [0.25, 0.3) is 5.91 Å². The van der Waals surface area contributed by atoms with Gasteiger partial charge in [-0.15, -0.1) is 0 Å². The molecule has 1 saturated heterocycles. The van der Waals surface area contributed by atoms with Crippen LogP contribution in [0.25, 0.3) is 0 Å². The number of benzene rings is 1. The number of hydrogen-bond acceptors (Lipinski definition) is 7. The van der Waals surface area contributed by atoms with Gasteiger partial charge in [-0.05, 0) is 43.7 Å². The lowest BCUT2D eigenvalue weighted by molar-refractivity contribution is -0.139. The fraction of sp³-hybridized carbons (Fsp3) is 0.273. The molecule has 0 aliphatic carbocycles. The number of carbonyl (C=O) groups is 4. The van der Waals surface area contributed by atoms with Crippen LogP contribution in [-0.2, 0) is 30.4 Å². The summed E-state index contributed by atoms with van der Waals surface area (Å²) in [6, 6.07) is 6.46. The number of amides is 3. The summed E-state index contributed by atoms with van der Waals surface area (Å²) >= 11 is 0. The fourth-order valence-electron chi connectivity index (χ4n) is 3.27. The maximum Gasteiger partial charge on any atom is 0.355 e. The van der Waals surface area contributed by atoms with E-state index in [9.17, 15) is 19.2 Å². The van der Waals surface area contributed by atoms with Crippen LogP contribution in [0.1, 0.15) is 19.4 Å². The van der Waals surface area contributed by atoms with Crippen LogP contribution in [0.5, 0.6) is 0 Å². The Labute approximate surface area is 179 Å². The number of anilines is 1. The van der Waals surface area contributed by atoms with E-state index in [-0.39, 0.29) is 23.7 Å². The summed E-state index contributed by atoms with van der Waals surface area (Å²) < 4.78 is 9.67.